The minimum Gasteiger partial charge on any atom is -0.481 e. The van der Waals surface area contributed by atoms with E-state index in [1.165, 1.54) is 0 Å². The highest BCUT2D eigenvalue weighted by atomic mass is 16.5. The molecule has 6 nitrogen and oxygen atoms in total. The molecule has 1 aromatic carbocycles. The van der Waals surface area contributed by atoms with E-state index in [0.717, 1.165) is 29.5 Å². The molecular formula is C19H27NO5. The molecule has 1 aromatic rings. The predicted octanol–water partition coefficient (Wildman–Crippen LogP) is 2.52. The van der Waals surface area contributed by atoms with Gasteiger partial charge >= 0.3 is 5.97 Å². The summed E-state index contributed by atoms with van der Waals surface area (Å²) in [5, 5.41) is 12.0. The first-order valence-corrected chi connectivity index (χ1v) is 8.73. The minimum atomic E-state index is -0.943. The zero-order chi connectivity index (χ0) is 18.2. The topological polar surface area (TPSA) is 84.9 Å². The van der Waals surface area contributed by atoms with Crippen LogP contribution in [0.2, 0.25) is 0 Å². The predicted molar refractivity (Wildman–Crippen MR) is 93.5 cm³/mol. The molecule has 1 saturated heterocycles. The van der Waals surface area contributed by atoms with Crippen LogP contribution in [0.3, 0.4) is 0 Å². The van der Waals surface area contributed by atoms with Gasteiger partial charge in [0.1, 0.15) is 0 Å². The van der Waals surface area contributed by atoms with Crippen LogP contribution in [-0.4, -0.2) is 42.9 Å². The number of aliphatic carboxylic acids is 1. The number of hydrogen-bond donors (Lipinski definition) is 2. The van der Waals surface area contributed by atoms with Crippen LogP contribution >= 0.6 is 0 Å². The van der Waals surface area contributed by atoms with Gasteiger partial charge < -0.3 is 19.9 Å². The molecule has 0 spiro atoms. The summed E-state index contributed by atoms with van der Waals surface area (Å²) in [6.45, 7) is 5.70. The number of carbonyl (C=O) groups is 2. The van der Waals surface area contributed by atoms with Gasteiger partial charge in [-0.15, -0.1) is 0 Å². The SMILES string of the molecule is Cc1ccc(C(CC(=O)O)NC(=O)CCOC2CCOCC2)cc1C. The van der Waals surface area contributed by atoms with Crippen molar-refractivity contribution in [2.24, 2.45) is 0 Å². The number of carbonyl (C=O) groups excluding carboxylic acids is 1. The summed E-state index contributed by atoms with van der Waals surface area (Å²) in [4.78, 5) is 23.3. The third-order valence-electron chi connectivity index (χ3n) is 4.50. The molecule has 0 radical (unpaired) electrons. The molecule has 2 N–H and O–H groups in total. The van der Waals surface area contributed by atoms with Crippen LogP contribution in [0, 0.1) is 13.8 Å². The summed E-state index contributed by atoms with van der Waals surface area (Å²) in [5.41, 5.74) is 3.02. The molecule has 1 fully saturated rings. The summed E-state index contributed by atoms with van der Waals surface area (Å²) in [7, 11) is 0. The van der Waals surface area contributed by atoms with Crippen molar-refractivity contribution in [3.8, 4) is 0 Å². The first-order valence-electron chi connectivity index (χ1n) is 8.73. The number of rotatable bonds is 8. The average Bonchev–Trinajstić information content (AvgIpc) is 2.57. The number of nitrogens with one attached hydrogen (secondary N) is 1. The second-order valence-electron chi connectivity index (χ2n) is 6.49. The number of carboxylic acids is 1. The summed E-state index contributed by atoms with van der Waals surface area (Å²) in [6.07, 6.45) is 1.93. The molecule has 1 atom stereocenters. The van der Waals surface area contributed by atoms with Crippen LogP contribution in [-0.2, 0) is 19.1 Å². The summed E-state index contributed by atoms with van der Waals surface area (Å²) < 4.78 is 11.0. The molecule has 2 rings (SSSR count). The highest BCUT2D eigenvalue weighted by molar-refractivity contribution is 5.77. The first-order chi connectivity index (χ1) is 12.0. The van der Waals surface area contributed by atoms with E-state index in [2.05, 4.69) is 5.32 Å². The third-order valence-corrected chi connectivity index (χ3v) is 4.50. The Morgan fingerprint density at radius 1 is 1.28 bits per heavy atom. The smallest absolute Gasteiger partial charge is 0.305 e. The van der Waals surface area contributed by atoms with Crippen LogP contribution in [0.1, 0.15) is 48.4 Å². The van der Waals surface area contributed by atoms with Crippen LogP contribution in [0.4, 0.5) is 0 Å². The number of aryl methyl sites for hydroxylation is 2. The zero-order valence-electron chi connectivity index (χ0n) is 14.9. The Balaban J connectivity index is 1.88. The summed E-state index contributed by atoms with van der Waals surface area (Å²) in [5.74, 6) is -1.14. The lowest BCUT2D eigenvalue weighted by Gasteiger charge is -2.23. The van der Waals surface area contributed by atoms with Crippen molar-refractivity contribution in [1.82, 2.24) is 5.32 Å². The second-order valence-corrected chi connectivity index (χ2v) is 6.49. The second kappa shape index (κ2) is 9.53. The van der Waals surface area contributed by atoms with E-state index in [9.17, 15) is 9.59 Å². The number of hydrogen-bond acceptors (Lipinski definition) is 4. The van der Waals surface area contributed by atoms with Gasteiger partial charge in [-0.1, -0.05) is 18.2 Å². The van der Waals surface area contributed by atoms with Crippen LogP contribution in [0.15, 0.2) is 18.2 Å². The highest BCUT2D eigenvalue weighted by Crippen LogP contribution is 2.20. The normalized spacial score (nSPS) is 16.4. The van der Waals surface area contributed by atoms with Gasteiger partial charge in [-0.2, -0.15) is 0 Å². The number of amides is 1. The minimum absolute atomic E-state index is 0.144. The molecule has 6 heteroatoms. The van der Waals surface area contributed by atoms with E-state index in [-0.39, 0.29) is 24.9 Å². The van der Waals surface area contributed by atoms with E-state index in [4.69, 9.17) is 14.6 Å². The van der Waals surface area contributed by atoms with Gasteiger partial charge in [0.25, 0.3) is 0 Å². The van der Waals surface area contributed by atoms with E-state index >= 15 is 0 Å². The van der Waals surface area contributed by atoms with Crippen molar-refractivity contribution in [3.05, 3.63) is 34.9 Å². The van der Waals surface area contributed by atoms with Gasteiger partial charge in [0.2, 0.25) is 5.91 Å². The molecule has 1 aliphatic rings. The van der Waals surface area contributed by atoms with Crippen molar-refractivity contribution in [2.75, 3.05) is 19.8 Å². The van der Waals surface area contributed by atoms with Gasteiger partial charge in [0.15, 0.2) is 0 Å². The van der Waals surface area contributed by atoms with Crippen molar-refractivity contribution >= 4 is 11.9 Å². The Labute approximate surface area is 148 Å². The van der Waals surface area contributed by atoms with Gasteiger partial charge in [-0.05, 0) is 43.4 Å². The van der Waals surface area contributed by atoms with Crippen LogP contribution in [0.25, 0.3) is 0 Å². The van der Waals surface area contributed by atoms with Crippen molar-refractivity contribution in [3.63, 3.8) is 0 Å². The lowest BCUT2D eigenvalue weighted by atomic mass is 9.99. The fourth-order valence-electron chi connectivity index (χ4n) is 2.84. The quantitative estimate of drug-likeness (QED) is 0.753. The standard InChI is InChI=1S/C19H27NO5/c1-13-3-4-15(11-14(13)2)17(12-19(22)23)20-18(21)7-10-25-16-5-8-24-9-6-16/h3-4,11,16-17H,5-10,12H2,1-2H3,(H,20,21)(H,22,23). The molecular weight excluding hydrogens is 322 g/mol. The van der Waals surface area contributed by atoms with E-state index in [0.29, 0.717) is 19.8 Å². The summed E-state index contributed by atoms with van der Waals surface area (Å²) in [6, 6.07) is 5.21. The molecule has 1 aliphatic heterocycles. The fraction of sp³-hybridized carbons (Fsp3) is 0.579. The molecule has 1 unspecified atom stereocenters. The number of benzene rings is 1. The molecule has 0 aromatic heterocycles. The van der Waals surface area contributed by atoms with Crippen molar-refractivity contribution in [1.29, 1.82) is 0 Å². The van der Waals surface area contributed by atoms with E-state index in [1.807, 2.05) is 32.0 Å². The fourth-order valence-corrected chi connectivity index (χ4v) is 2.84. The van der Waals surface area contributed by atoms with Gasteiger partial charge in [0, 0.05) is 19.6 Å². The highest BCUT2D eigenvalue weighted by Gasteiger charge is 2.19. The molecule has 1 amide bonds. The van der Waals surface area contributed by atoms with Crippen molar-refractivity contribution < 1.29 is 24.2 Å². The van der Waals surface area contributed by atoms with E-state index in [1.54, 1.807) is 0 Å². The van der Waals surface area contributed by atoms with Crippen LogP contribution in [0.5, 0.6) is 0 Å². The van der Waals surface area contributed by atoms with Gasteiger partial charge in [0.05, 0.1) is 25.2 Å². The Kier molecular flexibility index (Phi) is 7.40. The van der Waals surface area contributed by atoms with E-state index < -0.39 is 12.0 Å². The Morgan fingerprint density at radius 3 is 2.64 bits per heavy atom. The first kappa shape index (κ1) is 19.4. The molecule has 0 saturated carbocycles. The number of ether oxygens (including phenoxy) is 2. The maximum atomic E-state index is 12.2. The van der Waals surface area contributed by atoms with Crippen molar-refractivity contribution in [2.45, 2.75) is 51.7 Å². The third kappa shape index (κ3) is 6.48. The van der Waals surface area contributed by atoms with Crippen LogP contribution < -0.4 is 5.32 Å². The molecule has 0 bridgehead atoms. The Hall–Kier alpha value is -1.92. The lowest BCUT2D eigenvalue weighted by molar-refractivity contribution is -0.137. The Morgan fingerprint density at radius 2 is 2.00 bits per heavy atom. The van der Waals surface area contributed by atoms with Gasteiger partial charge in [-0.25, -0.2) is 0 Å². The Bertz CT molecular complexity index is 595. The van der Waals surface area contributed by atoms with Gasteiger partial charge in [-0.3, -0.25) is 9.59 Å². The molecule has 1 heterocycles. The number of carboxylic acid groups (broad SMARTS) is 1. The maximum absolute atomic E-state index is 12.2. The monoisotopic (exact) mass is 349 g/mol. The zero-order valence-corrected chi connectivity index (χ0v) is 14.9. The molecule has 138 valence electrons. The molecule has 0 aliphatic carbocycles. The average molecular weight is 349 g/mol. The lowest BCUT2D eigenvalue weighted by Crippen LogP contribution is -2.32. The largest absolute Gasteiger partial charge is 0.481 e. The maximum Gasteiger partial charge on any atom is 0.305 e. The molecule has 25 heavy (non-hydrogen) atoms. The summed E-state index contributed by atoms with van der Waals surface area (Å²) >= 11 is 0.